The largest absolute Gasteiger partial charge is 0.393 e. The summed E-state index contributed by atoms with van der Waals surface area (Å²) in [6, 6.07) is 10.3. The lowest BCUT2D eigenvalue weighted by molar-refractivity contribution is -0.0168. The molecule has 2 aromatic rings. The Morgan fingerprint density at radius 3 is 2.46 bits per heavy atom. The van der Waals surface area contributed by atoms with Crippen molar-refractivity contribution < 1.29 is 9.90 Å². The van der Waals surface area contributed by atoms with Gasteiger partial charge in [0.25, 0.3) is 5.91 Å². The fourth-order valence-corrected chi connectivity index (χ4v) is 6.75. The second-order valence-corrected chi connectivity index (χ2v) is 9.88. The van der Waals surface area contributed by atoms with Crippen LogP contribution in [0.3, 0.4) is 0 Å². The van der Waals surface area contributed by atoms with Gasteiger partial charge in [0.05, 0.1) is 6.10 Å². The standard InChI is InChI=1S/C24H32N2O2/c1-16(27)5-4-8-26-21-7-3-2-6-20(21)12-22(26)23(28)25-24-13-17-9-18(14-24)11-19(10-17)15-24/h2-3,6-7,12,16-19,27H,4-5,8-11,13-15H2,1H3,(H,25,28). The summed E-state index contributed by atoms with van der Waals surface area (Å²) in [5, 5.41) is 14.3. The van der Waals surface area contributed by atoms with Crippen molar-refractivity contribution in [3.05, 3.63) is 36.0 Å². The molecule has 1 amide bonds. The number of aryl methyl sites for hydroxylation is 1. The number of aromatic nitrogens is 1. The summed E-state index contributed by atoms with van der Waals surface area (Å²) < 4.78 is 2.16. The monoisotopic (exact) mass is 380 g/mol. The van der Waals surface area contributed by atoms with Crippen molar-refractivity contribution in [3.63, 3.8) is 0 Å². The van der Waals surface area contributed by atoms with Gasteiger partial charge in [-0.3, -0.25) is 4.79 Å². The molecule has 1 unspecified atom stereocenters. The van der Waals surface area contributed by atoms with Crippen LogP contribution in [0.4, 0.5) is 0 Å². The van der Waals surface area contributed by atoms with Crippen LogP contribution in [-0.2, 0) is 6.54 Å². The van der Waals surface area contributed by atoms with Gasteiger partial charge in [-0.15, -0.1) is 0 Å². The van der Waals surface area contributed by atoms with E-state index < -0.39 is 0 Å². The zero-order valence-electron chi connectivity index (χ0n) is 16.9. The van der Waals surface area contributed by atoms with E-state index in [1.807, 2.05) is 25.1 Å². The third-order valence-electron chi connectivity index (χ3n) is 7.46. The van der Waals surface area contributed by atoms with E-state index >= 15 is 0 Å². The topological polar surface area (TPSA) is 54.3 Å². The van der Waals surface area contributed by atoms with Crippen LogP contribution in [0.25, 0.3) is 10.9 Å². The van der Waals surface area contributed by atoms with Crippen LogP contribution in [0.1, 0.15) is 68.8 Å². The molecule has 4 aliphatic carbocycles. The first-order chi connectivity index (χ1) is 13.5. The highest BCUT2D eigenvalue weighted by Gasteiger charge is 2.51. The van der Waals surface area contributed by atoms with Crippen LogP contribution in [0, 0.1) is 17.8 Å². The predicted molar refractivity (Wildman–Crippen MR) is 111 cm³/mol. The molecule has 0 spiro atoms. The van der Waals surface area contributed by atoms with E-state index in [0.29, 0.717) is 0 Å². The van der Waals surface area contributed by atoms with Gasteiger partial charge in [0, 0.05) is 23.0 Å². The Kier molecular flexibility index (Phi) is 4.50. The number of benzene rings is 1. The minimum atomic E-state index is -0.300. The molecule has 6 rings (SSSR count). The highest BCUT2D eigenvalue weighted by Crippen LogP contribution is 2.55. The minimum Gasteiger partial charge on any atom is -0.393 e. The summed E-state index contributed by atoms with van der Waals surface area (Å²) >= 11 is 0. The maximum absolute atomic E-state index is 13.4. The van der Waals surface area contributed by atoms with E-state index in [2.05, 4.69) is 22.0 Å². The van der Waals surface area contributed by atoms with Crippen molar-refractivity contribution in [1.82, 2.24) is 9.88 Å². The van der Waals surface area contributed by atoms with Crippen molar-refractivity contribution in [2.24, 2.45) is 17.8 Å². The van der Waals surface area contributed by atoms with Gasteiger partial charge in [0.15, 0.2) is 0 Å². The summed E-state index contributed by atoms with van der Waals surface area (Å²) in [6.07, 6.45) is 8.99. The molecular formula is C24H32N2O2. The average molecular weight is 381 g/mol. The number of nitrogens with zero attached hydrogens (tertiary/aromatic N) is 1. The molecule has 4 aliphatic rings. The Balaban J connectivity index is 1.41. The summed E-state index contributed by atoms with van der Waals surface area (Å²) in [6.45, 7) is 2.59. The van der Waals surface area contributed by atoms with Gasteiger partial charge in [-0.05, 0) is 88.2 Å². The highest BCUT2D eigenvalue weighted by molar-refractivity contribution is 5.99. The maximum Gasteiger partial charge on any atom is 0.268 e. The SMILES string of the molecule is CC(O)CCCn1c(C(=O)NC23CC4CC(CC(C4)C2)C3)cc2ccccc21. The number of hydrogen-bond donors (Lipinski definition) is 2. The Hall–Kier alpha value is -1.81. The Bertz CT molecular complexity index is 847. The minimum absolute atomic E-state index is 0.0345. The fraction of sp³-hybridized carbons (Fsp3) is 0.625. The Labute approximate surface area is 167 Å². The van der Waals surface area contributed by atoms with Gasteiger partial charge in [-0.2, -0.15) is 0 Å². The van der Waals surface area contributed by atoms with Gasteiger partial charge >= 0.3 is 0 Å². The molecular weight excluding hydrogens is 348 g/mol. The molecule has 4 nitrogen and oxygen atoms in total. The number of carbonyl (C=O) groups is 1. The van der Waals surface area contributed by atoms with E-state index in [1.165, 1.54) is 38.5 Å². The Morgan fingerprint density at radius 2 is 1.82 bits per heavy atom. The quantitative estimate of drug-likeness (QED) is 0.775. The molecule has 4 bridgehead atoms. The van der Waals surface area contributed by atoms with Crippen molar-refractivity contribution in [2.45, 2.75) is 76.5 Å². The lowest BCUT2D eigenvalue weighted by Crippen LogP contribution is -2.60. The molecule has 0 aliphatic heterocycles. The molecule has 0 saturated heterocycles. The van der Waals surface area contributed by atoms with Gasteiger partial charge in [-0.25, -0.2) is 0 Å². The van der Waals surface area contributed by atoms with Crippen LogP contribution >= 0.6 is 0 Å². The van der Waals surface area contributed by atoms with Crippen LogP contribution in [0.2, 0.25) is 0 Å². The van der Waals surface area contributed by atoms with E-state index in [9.17, 15) is 9.90 Å². The normalized spacial score (nSPS) is 32.0. The first kappa shape index (κ1) is 18.2. The number of aliphatic hydroxyl groups is 1. The van der Waals surface area contributed by atoms with E-state index in [0.717, 1.165) is 53.7 Å². The smallest absolute Gasteiger partial charge is 0.268 e. The summed E-state index contributed by atoms with van der Waals surface area (Å²) in [7, 11) is 0. The Morgan fingerprint density at radius 1 is 1.18 bits per heavy atom. The number of hydrogen-bond acceptors (Lipinski definition) is 2. The zero-order chi connectivity index (χ0) is 19.3. The van der Waals surface area contributed by atoms with Crippen molar-refractivity contribution in [3.8, 4) is 0 Å². The number of nitrogens with one attached hydrogen (secondary N) is 1. The lowest BCUT2D eigenvalue weighted by atomic mass is 9.53. The predicted octanol–water partition coefficient (Wildman–Crippen LogP) is 4.50. The second-order valence-electron chi connectivity index (χ2n) is 9.88. The molecule has 150 valence electrons. The number of aliphatic hydroxyl groups excluding tert-OH is 1. The van der Waals surface area contributed by atoms with Gasteiger partial charge < -0.3 is 15.0 Å². The van der Waals surface area contributed by atoms with Crippen LogP contribution in [0.5, 0.6) is 0 Å². The van der Waals surface area contributed by atoms with Crippen molar-refractivity contribution in [2.75, 3.05) is 0 Å². The zero-order valence-corrected chi connectivity index (χ0v) is 16.9. The third-order valence-corrected chi connectivity index (χ3v) is 7.46. The van der Waals surface area contributed by atoms with Crippen LogP contribution in [0.15, 0.2) is 30.3 Å². The number of para-hydroxylation sites is 1. The van der Waals surface area contributed by atoms with Gasteiger partial charge in [-0.1, -0.05) is 18.2 Å². The molecule has 28 heavy (non-hydrogen) atoms. The summed E-state index contributed by atoms with van der Waals surface area (Å²) in [4.78, 5) is 13.4. The fourth-order valence-electron chi connectivity index (χ4n) is 6.75. The first-order valence-electron chi connectivity index (χ1n) is 11.1. The van der Waals surface area contributed by atoms with Crippen molar-refractivity contribution >= 4 is 16.8 Å². The first-order valence-corrected chi connectivity index (χ1v) is 11.1. The van der Waals surface area contributed by atoms with E-state index in [-0.39, 0.29) is 17.6 Å². The summed E-state index contributed by atoms with van der Waals surface area (Å²) in [5.74, 6) is 2.56. The molecule has 0 radical (unpaired) electrons. The maximum atomic E-state index is 13.4. The van der Waals surface area contributed by atoms with Crippen LogP contribution in [-0.4, -0.2) is 27.2 Å². The molecule has 4 fully saturated rings. The van der Waals surface area contributed by atoms with Crippen molar-refractivity contribution in [1.29, 1.82) is 0 Å². The van der Waals surface area contributed by atoms with Gasteiger partial charge in [0.1, 0.15) is 5.69 Å². The van der Waals surface area contributed by atoms with E-state index in [4.69, 9.17) is 0 Å². The number of amides is 1. The molecule has 1 heterocycles. The number of carbonyl (C=O) groups excluding carboxylic acids is 1. The lowest BCUT2D eigenvalue weighted by Gasteiger charge is -2.56. The third kappa shape index (κ3) is 3.26. The molecule has 4 heteroatoms. The van der Waals surface area contributed by atoms with E-state index in [1.54, 1.807) is 0 Å². The molecule has 1 aromatic carbocycles. The average Bonchev–Trinajstić information content (AvgIpc) is 2.99. The molecule has 1 atom stereocenters. The van der Waals surface area contributed by atoms with Gasteiger partial charge in [0.2, 0.25) is 0 Å². The van der Waals surface area contributed by atoms with Crippen LogP contribution < -0.4 is 5.32 Å². The highest BCUT2D eigenvalue weighted by atomic mass is 16.3. The second kappa shape index (κ2) is 6.91. The summed E-state index contributed by atoms with van der Waals surface area (Å²) in [5.41, 5.74) is 1.93. The molecule has 1 aromatic heterocycles. The molecule has 2 N–H and O–H groups in total. The molecule has 4 saturated carbocycles. The number of fused-ring (bicyclic) bond motifs is 1. The number of rotatable bonds is 6.